The molecule has 13 heteroatoms. The van der Waals surface area contributed by atoms with Gasteiger partial charge in [-0.1, -0.05) is 11.6 Å². The summed E-state index contributed by atoms with van der Waals surface area (Å²) in [7, 11) is 0. The Morgan fingerprint density at radius 3 is 2.90 bits per heavy atom. The van der Waals surface area contributed by atoms with Gasteiger partial charge in [-0.2, -0.15) is 4.68 Å². The SMILES string of the molecule is O=C1COc2cc(-c3ncc(C4C5CC5c5nc(-c6cc(Cl)ccc6-n6cnnn6)cc(=O)n54)[nH]3)ccc2N1. The fourth-order valence-corrected chi connectivity index (χ4v) is 5.82. The number of H-pyrrole nitrogens is 1. The summed E-state index contributed by atoms with van der Waals surface area (Å²) in [4.78, 5) is 38.1. The lowest BCUT2D eigenvalue weighted by molar-refractivity contribution is -0.118. The fraction of sp³-hybridized carbons (Fsp3) is 0.192. The number of benzene rings is 2. The number of aromatic amines is 1. The van der Waals surface area contributed by atoms with E-state index in [2.05, 4.69) is 30.8 Å². The van der Waals surface area contributed by atoms with Gasteiger partial charge in [-0.05, 0) is 59.2 Å². The Hall–Kier alpha value is -4.84. The van der Waals surface area contributed by atoms with E-state index in [0.717, 1.165) is 23.5 Å². The lowest BCUT2D eigenvalue weighted by Crippen LogP contribution is -2.27. The molecule has 3 unspecified atom stereocenters. The molecule has 0 radical (unpaired) electrons. The van der Waals surface area contributed by atoms with E-state index in [1.54, 1.807) is 35.0 Å². The lowest BCUT2D eigenvalue weighted by Gasteiger charge is -2.18. The van der Waals surface area contributed by atoms with Crippen LogP contribution in [0.3, 0.4) is 0 Å². The highest BCUT2D eigenvalue weighted by Gasteiger charge is 2.55. The van der Waals surface area contributed by atoms with E-state index in [0.29, 0.717) is 39.2 Å². The maximum absolute atomic E-state index is 13.6. The number of amides is 1. The number of halogens is 1. The number of carbonyl (C=O) groups is 1. The molecule has 3 aliphatic rings. The molecule has 8 rings (SSSR count). The molecule has 12 nitrogen and oxygen atoms in total. The Balaban J connectivity index is 1.17. The molecule has 39 heavy (non-hydrogen) atoms. The van der Waals surface area contributed by atoms with Crippen LogP contribution in [-0.2, 0) is 4.79 Å². The van der Waals surface area contributed by atoms with Crippen molar-refractivity contribution in [2.45, 2.75) is 18.4 Å². The lowest BCUT2D eigenvalue weighted by atomic mass is 10.1. The molecular weight excluding hydrogens is 522 g/mol. The zero-order valence-electron chi connectivity index (χ0n) is 20.1. The van der Waals surface area contributed by atoms with Gasteiger partial charge in [0.2, 0.25) is 0 Å². The largest absolute Gasteiger partial charge is 0.482 e. The number of imidazole rings is 1. The highest BCUT2D eigenvalue weighted by Crippen LogP contribution is 2.60. The summed E-state index contributed by atoms with van der Waals surface area (Å²) in [5.41, 5.74) is 4.01. The molecule has 192 valence electrons. The Bertz CT molecular complexity index is 1860. The van der Waals surface area contributed by atoms with Crippen LogP contribution < -0.4 is 15.6 Å². The molecule has 5 aromatic rings. The average Bonchev–Trinajstić information content (AvgIpc) is 3.28. The Morgan fingerprint density at radius 2 is 2.03 bits per heavy atom. The normalized spacial score (nSPS) is 20.5. The number of nitrogens with one attached hydrogen (secondary N) is 2. The van der Waals surface area contributed by atoms with Crippen molar-refractivity contribution in [2.24, 2.45) is 5.92 Å². The van der Waals surface area contributed by atoms with E-state index >= 15 is 0 Å². The van der Waals surface area contributed by atoms with Gasteiger partial charge >= 0.3 is 0 Å². The second kappa shape index (κ2) is 8.08. The van der Waals surface area contributed by atoms with Gasteiger partial charge in [0, 0.05) is 28.1 Å². The van der Waals surface area contributed by atoms with Crippen LogP contribution in [0.15, 0.2) is 59.8 Å². The summed E-state index contributed by atoms with van der Waals surface area (Å²) in [6.07, 6.45) is 4.21. The van der Waals surface area contributed by atoms with E-state index in [1.165, 1.54) is 17.1 Å². The maximum atomic E-state index is 13.6. The van der Waals surface area contributed by atoms with Gasteiger partial charge in [0.05, 0.1) is 35.0 Å². The summed E-state index contributed by atoms with van der Waals surface area (Å²) in [5, 5.41) is 14.7. The minimum atomic E-state index is -0.188. The van der Waals surface area contributed by atoms with Crippen molar-refractivity contribution in [3.63, 3.8) is 0 Å². The highest BCUT2D eigenvalue weighted by atomic mass is 35.5. The molecule has 3 aromatic heterocycles. The van der Waals surface area contributed by atoms with Crippen LogP contribution in [0.1, 0.15) is 29.9 Å². The molecule has 1 saturated carbocycles. The zero-order chi connectivity index (χ0) is 26.2. The van der Waals surface area contributed by atoms with Crippen LogP contribution >= 0.6 is 11.6 Å². The summed E-state index contributed by atoms with van der Waals surface area (Å²) in [6, 6.07) is 12.2. The molecule has 1 amide bonds. The van der Waals surface area contributed by atoms with Crippen molar-refractivity contribution in [1.82, 2.24) is 39.7 Å². The third-order valence-corrected chi connectivity index (χ3v) is 7.70. The molecule has 0 saturated heterocycles. The van der Waals surface area contributed by atoms with Crippen LogP contribution in [0.2, 0.25) is 5.02 Å². The van der Waals surface area contributed by atoms with Crippen LogP contribution in [0, 0.1) is 5.92 Å². The third-order valence-electron chi connectivity index (χ3n) is 7.47. The number of rotatable bonds is 4. The predicted molar refractivity (Wildman–Crippen MR) is 139 cm³/mol. The number of hydrogen-bond acceptors (Lipinski definition) is 8. The molecule has 2 aliphatic heterocycles. The van der Waals surface area contributed by atoms with Gasteiger partial charge in [0.25, 0.3) is 11.5 Å². The predicted octanol–water partition coefficient (Wildman–Crippen LogP) is 2.97. The van der Waals surface area contributed by atoms with E-state index in [-0.39, 0.29) is 36.0 Å². The number of hydrogen-bond donors (Lipinski definition) is 2. The number of tetrazole rings is 1. The van der Waals surface area contributed by atoms with Gasteiger partial charge in [0.15, 0.2) is 6.61 Å². The average molecular weight is 540 g/mol. The monoisotopic (exact) mass is 539 g/mol. The first kappa shape index (κ1) is 22.2. The van der Waals surface area contributed by atoms with Crippen molar-refractivity contribution in [1.29, 1.82) is 0 Å². The van der Waals surface area contributed by atoms with E-state index in [9.17, 15) is 9.59 Å². The van der Waals surface area contributed by atoms with Gasteiger partial charge in [0.1, 0.15) is 23.7 Å². The number of carbonyl (C=O) groups excluding carboxylic acids is 1. The van der Waals surface area contributed by atoms with E-state index in [1.807, 2.05) is 12.1 Å². The number of anilines is 1. The molecule has 5 heterocycles. The molecule has 1 aliphatic carbocycles. The van der Waals surface area contributed by atoms with Crippen LogP contribution in [-0.4, -0.2) is 52.2 Å². The summed E-state index contributed by atoms with van der Waals surface area (Å²) in [5.74, 6) is 2.26. The Morgan fingerprint density at radius 1 is 1.10 bits per heavy atom. The number of aromatic nitrogens is 8. The van der Waals surface area contributed by atoms with Gasteiger partial charge in [-0.3, -0.25) is 14.2 Å². The van der Waals surface area contributed by atoms with Crippen LogP contribution in [0.25, 0.3) is 28.3 Å². The van der Waals surface area contributed by atoms with Crippen LogP contribution in [0.5, 0.6) is 5.75 Å². The zero-order valence-corrected chi connectivity index (χ0v) is 20.8. The summed E-state index contributed by atoms with van der Waals surface area (Å²) >= 11 is 6.31. The second-order valence-electron chi connectivity index (χ2n) is 9.81. The van der Waals surface area contributed by atoms with Crippen LogP contribution in [0.4, 0.5) is 5.69 Å². The number of ether oxygens (including phenoxy) is 1. The first-order valence-electron chi connectivity index (χ1n) is 12.3. The number of nitrogens with zero attached hydrogens (tertiary/aromatic N) is 7. The molecule has 2 N–H and O–H groups in total. The van der Waals surface area contributed by atoms with E-state index < -0.39 is 0 Å². The first-order valence-corrected chi connectivity index (χ1v) is 12.7. The standard InChI is InChI=1S/C26H18ClN9O3/c27-13-2-4-20(35-11-29-33-34-35)16(6-13)18-8-23(38)36-24(14-7-15(14)26(36)32-18)19-9-28-25(31-19)12-1-3-17-21(5-12)39-10-22(37)30-17/h1-6,8-9,11,14-15,24H,7,10H2,(H,28,31)(H,30,37). The van der Waals surface area contributed by atoms with Crippen molar-refractivity contribution < 1.29 is 9.53 Å². The third kappa shape index (κ3) is 3.48. The van der Waals surface area contributed by atoms with Crippen molar-refractivity contribution >= 4 is 23.2 Å². The highest BCUT2D eigenvalue weighted by molar-refractivity contribution is 6.31. The molecule has 3 atom stereocenters. The van der Waals surface area contributed by atoms with Gasteiger partial charge in [-0.15, -0.1) is 5.10 Å². The van der Waals surface area contributed by atoms with Crippen molar-refractivity contribution in [3.05, 3.63) is 81.9 Å². The molecule has 0 spiro atoms. The minimum absolute atomic E-state index is 0.0217. The van der Waals surface area contributed by atoms with Crippen molar-refractivity contribution in [3.8, 4) is 34.1 Å². The molecular formula is C26H18ClN9O3. The Kier molecular flexibility index (Phi) is 4.59. The van der Waals surface area contributed by atoms with Crippen molar-refractivity contribution in [2.75, 3.05) is 11.9 Å². The molecule has 1 fully saturated rings. The number of fused-ring (bicyclic) bond motifs is 4. The summed E-state index contributed by atoms with van der Waals surface area (Å²) in [6.45, 7) is -0.0217. The second-order valence-corrected chi connectivity index (χ2v) is 10.2. The van der Waals surface area contributed by atoms with E-state index in [4.69, 9.17) is 21.3 Å². The first-order chi connectivity index (χ1) is 19.0. The van der Waals surface area contributed by atoms with Gasteiger partial charge in [-0.25, -0.2) is 9.97 Å². The van der Waals surface area contributed by atoms with Gasteiger partial charge < -0.3 is 15.0 Å². The minimum Gasteiger partial charge on any atom is -0.482 e. The maximum Gasteiger partial charge on any atom is 0.262 e. The molecule has 2 aromatic carbocycles. The quantitative estimate of drug-likeness (QED) is 0.354. The fourth-order valence-electron chi connectivity index (χ4n) is 5.65. The topological polar surface area (TPSA) is 146 Å². The Labute approximate surface area is 224 Å². The summed E-state index contributed by atoms with van der Waals surface area (Å²) < 4.78 is 8.84. The smallest absolute Gasteiger partial charge is 0.262 e. The molecule has 0 bridgehead atoms.